The fourth-order valence-electron chi connectivity index (χ4n) is 5.64. The number of nitrogens with one attached hydrogen (secondary N) is 1. The summed E-state index contributed by atoms with van der Waals surface area (Å²) in [5.74, 6) is -0.864. The Morgan fingerprint density at radius 1 is 1.08 bits per heavy atom. The van der Waals surface area contributed by atoms with Crippen LogP contribution in [0.1, 0.15) is 10.4 Å². The van der Waals surface area contributed by atoms with Gasteiger partial charge in [-0.15, -0.1) is 0 Å². The number of benzene rings is 2. The topological polar surface area (TPSA) is 132 Å². The lowest BCUT2D eigenvalue weighted by atomic mass is 10.0. The summed E-state index contributed by atoms with van der Waals surface area (Å²) in [6.07, 6.45) is 3.96. The maximum absolute atomic E-state index is 14.7. The van der Waals surface area contributed by atoms with E-state index in [0.717, 1.165) is 10.6 Å². The molecule has 49 heavy (non-hydrogen) atoms. The van der Waals surface area contributed by atoms with E-state index in [9.17, 15) is 26.4 Å². The summed E-state index contributed by atoms with van der Waals surface area (Å²) in [5, 5.41) is 3.34. The number of carbonyl (C=O) groups is 1. The van der Waals surface area contributed by atoms with Crippen LogP contribution in [0.2, 0.25) is 0 Å². The van der Waals surface area contributed by atoms with E-state index >= 15 is 0 Å². The quantitative estimate of drug-likeness (QED) is 0.184. The molecule has 0 aliphatic heterocycles. The van der Waals surface area contributed by atoms with Crippen LogP contribution in [0.5, 0.6) is 5.88 Å². The predicted molar refractivity (Wildman–Crippen MR) is 183 cm³/mol. The summed E-state index contributed by atoms with van der Waals surface area (Å²) >= 11 is 0. The Bertz CT molecular complexity index is 2570. The Hall–Kier alpha value is -5.27. The first-order chi connectivity index (χ1) is 23.2. The van der Waals surface area contributed by atoms with Gasteiger partial charge in [0.05, 0.1) is 39.8 Å². The van der Waals surface area contributed by atoms with Crippen molar-refractivity contribution in [1.29, 1.82) is 0 Å². The standard InChI is InChI=1S/C33H26F3N6O5PS/c1-37-32(43)29-20-11-19(22-8-9-23-30(40-22)26-12-18-21(34)5-4-6-24(18)42(26)16-39-23)25(41(2)49(3,44)45)13-27(20)47-31(29)17-7-10-28(38-14-17)46-15-33(35,36)48/h4-14,16H,15,48H2,1-3H3,(H,37,43). The van der Waals surface area contributed by atoms with Crippen LogP contribution in [0.25, 0.3) is 61.0 Å². The van der Waals surface area contributed by atoms with Crippen LogP contribution in [0.4, 0.5) is 18.9 Å². The van der Waals surface area contributed by atoms with Gasteiger partial charge in [-0.1, -0.05) is 15.3 Å². The molecule has 0 saturated heterocycles. The van der Waals surface area contributed by atoms with Crippen LogP contribution >= 0.6 is 9.24 Å². The Kier molecular flexibility index (Phi) is 7.71. The number of hydrogen-bond acceptors (Lipinski definition) is 8. The van der Waals surface area contributed by atoms with Crippen LogP contribution in [-0.4, -0.2) is 66.3 Å². The first-order valence-electron chi connectivity index (χ1n) is 14.6. The van der Waals surface area contributed by atoms with Crippen LogP contribution in [0, 0.1) is 5.82 Å². The van der Waals surface area contributed by atoms with Crippen LogP contribution in [0.3, 0.4) is 0 Å². The molecule has 5 aromatic heterocycles. The molecular weight excluding hydrogens is 680 g/mol. The van der Waals surface area contributed by atoms with E-state index in [0.29, 0.717) is 49.7 Å². The van der Waals surface area contributed by atoms with Crippen molar-refractivity contribution in [2.75, 3.05) is 31.3 Å². The zero-order valence-electron chi connectivity index (χ0n) is 26.0. The molecule has 0 radical (unpaired) electrons. The number of carbonyl (C=O) groups excluding carboxylic acids is 1. The maximum atomic E-state index is 14.7. The van der Waals surface area contributed by atoms with Gasteiger partial charge in [-0.05, 0) is 42.5 Å². The van der Waals surface area contributed by atoms with E-state index in [-0.39, 0.29) is 28.5 Å². The monoisotopic (exact) mass is 706 g/mol. The number of amides is 1. The summed E-state index contributed by atoms with van der Waals surface area (Å²) in [4.78, 5) is 26.9. The molecule has 16 heteroatoms. The van der Waals surface area contributed by atoms with E-state index < -0.39 is 34.0 Å². The summed E-state index contributed by atoms with van der Waals surface area (Å²) in [6.45, 7) is -0.903. The lowest BCUT2D eigenvalue weighted by Crippen LogP contribution is -2.25. The van der Waals surface area contributed by atoms with Crippen molar-refractivity contribution in [2.45, 2.75) is 5.66 Å². The number of pyridine rings is 2. The summed E-state index contributed by atoms with van der Waals surface area (Å²) in [7, 11) is 0.414. The highest BCUT2D eigenvalue weighted by atomic mass is 32.2. The molecule has 250 valence electrons. The average molecular weight is 707 g/mol. The minimum absolute atomic E-state index is 0.0626. The third-order valence-corrected chi connectivity index (χ3v) is 9.40. The van der Waals surface area contributed by atoms with Crippen molar-refractivity contribution >= 4 is 69.3 Å². The van der Waals surface area contributed by atoms with Gasteiger partial charge in [-0.2, -0.15) is 8.78 Å². The molecule has 1 unspecified atom stereocenters. The fraction of sp³-hybridized carbons (Fsp3) is 0.152. The number of sulfonamides is 1. The second-order valence-electron chi connectivity index (χ2n) is 11.3. The molecule has 0 spiro atoms. The molecule has 0 bridgehead atoms. The lowest BCUT2D eigenvalue weighted by Gasteiger charge is -2.20. The van der Waals surface area contributed by atoms with Crippen molar-refractivity contribution in [3.8, 4) is 28.5 Å². The number of ether oxygens (including phenoxy) is 1. The van der Waals surface area contributed by atoms with Crippen molar-refractivity contribution in [3.63, 3.8) is 0 Å². The Balaban J connectivity index is 1.45. The average Bonchev–Trinajstić information content (AvgIpc) is 3.65. The van der Waals surface area contributed by atoms with Gasteiger partial charge in [0.15, 0.2) is 6.61 Å². The number of furan rings is 1. The molecule has 5 heterocycles. The van der Waals surface area contributed by atoms with Crippen molar-refractivity contribution in [1.82, 2.24) is 24.7 Å². The third-order valence-electron chi connectivity index (χ3n) is 8.04. The first-order valence-corrected chi connectivity index (χ1v) is 17.0. The smallest absolute Gasteiger partial charge is 0.292 e. The van der Waals surface area contributed by atoms with Gasteiger partial charge in [-0.3, -0.25) is 13.5 Å². The highest BCUT2D eigenvalue weighted by Gasteiger charge is 2.27. The molecule has 1 N–H and O–H groups in total. The highest BCUT2D eigenvalue weighted by Crippen LogP contribution is 2.41. The molecule has 0 saturated carbocycles. The van der Waals surface area contributed by atoms with Gasteiger partial charge in [-0.25, -0.2) is 27.8 Å². The van der Waals surface area contributed by atoms with Gasteiger partial charge in [0.25, 0.3) is 11.6 Å². The normalized spacial score (nSPS) is 12.3. The summed E-state index contributed by atoms with van der Waals surface area (Å²) in [6, 6.07) is 15.8. The molecule has 0 fully saturated rings. The maximum Gasteiger partial charge on any atom is 0.292 e. The van der Waals surface area contributed by atoms with E-state index in [1.807, 2.05) is 0 Å². The van der Waals surface area contributed by atoms with Crippen LogP contribution < -0.4 is 14.4 Å². The third kappa shape index (κ3) is 5.78. The van der Waals surface area contributed by atoms with Crippen molar-refractivity contribution < 1.29 is 35.5 Å². The summed E-state index contributed by atoms with van der Waals surface area (Å²) < 4.78 is 81.0. The molecule has 11 nitrogen and oxygen atoms in total. The summed E-state index contributed by atoms with van der Waals surface area (Å²) in [5.41, 5.74) is 0.563. The van der Waals surface area contributed by atoms with Crippen molar-refractivity contribution in [2.24, 2.45) is 0 Å². The first kappa shape index (κ1) is 32.3. The molecule has 1 atom stereocenters. The molecule has 0 aliphatic carbocycles. The van der Waals surface area contributed by atoms with E-state index in [1.165, 1.54) is 53.8 Å². The SMILES string of the molecule is CNC(=O)c1c(-c2ccc(OCC(F)(F)P)nc2)oc2cc(N(C)S(C)(=O)=O)c(-c3ccc4ncn5c6cccc(F)c6cc5c4n3)cc12. The lowest BCUT2D eigenvalue weighted by molar-refractivity contribution is 0.0443. The number of nitrogens with zero attached hydrogens (tertiary/aromatic N) is 5. The molecule has 1 amide bonds. The van der Waals surface area contributed by atoms with Gasteiger partial charge in [0.1, 0.15) is 29.0 Å². The molecule has 7 rings (SSSR count). The number of anilines is 1. The van der Waals surface area contributed by atoms with Gasteiger partial charge in [0.2, 0.25) is 15.9 Å². The Labute approximate surface area is 279 Å². The number of hydrogen-bond donors (Lipinski definition) is 1. The number of aromatic nitrogens is 4. The van der Waals surface area contributed by atoms with Crippen molar-refractivity contribution in [3.05, 3.63) is 84.6 Å². The largest absolute Gasteiger partial charge is 0.471 e. The minimum Gasteiger partial charge on any atom is -0.471 e. The predicted octanol–water partition coefficient (Wildman–Crippen LogP) is 6.25. The Morgan fingerprint density at radius 3 is 2.57 bits per heavy atom. The zero-order chi connectivity index (χ0) is 34.8. The number of rotatable bonds is 8. The minimum atomic E-state index is -3.80. The number of fused-ring (bicyclic) bond motifs is 6. The fourth-order valence-corrected chi connectivity index (χ4v) is 6.23. The van der Waals surface area contributed by atoms with Gasteiger partial charge in [0, 0.05) is 54.3 Å². The van der Waals surface area contributed by atoms with E-state index in [4.69, 9.17) is 14.1 Å². The number of alkyl halides is 2. The highest BCUT2D eigenvalue weighted by molar-refractivity contribution is 7.92. The van der Waals surface area contributed by atoms with Crippen LogP contribution in [0.15, 0.2) is 77.6 Å². The van der Waals surface area contributed by atoms with E-state index in [1.54, 1.807) is 47.1 Å². The van der Waals surface area contributed by atoms with Crippen LogP contribution in [-0.2, 0) is 10.0 Å². The van der Waals surface area contributed by atoms with Gasteiger partial charge >= 0.3 is 0 Å². The molecule has 0 aliphatic rings. The molecule has 2 aromatic carbocycles. The second-order valence-corrected chi connectivity index (χ2v) is 14.2. The molecular formula is C33H26F3N6O5PS. The Morgan fingerprint density at radius 2 is 1.88 bits per heavy atom. The van der Waals surface area contributed by atoms with Gasteiger partial charge < -0.3 is 14.5 Å². The zero-order valence-corrected chi connectivity index (χ0v) is 28.0. The molecule has 7 aromatic rings. The van der Waals surface area contributed by atoms with E-state index in [2.05, 4.69) is 15.3 Å². The number of halogens is 3. The second kappa shape index (κ2) is 11.7.